The normalized spacial score (nSPS) is 20.0. The lowest BCUT2D eigenvalue weighted by molar-refractivity contribution is -0.302. The van der Waals surface area contributed by atoms with Crippen LogP contribution in [-0.4, -0.2) is 87.5 Å². The topological polar surface area (TPSA) is 149 Å². The number of amides is 1. The zero-order chi connectivity index (χ0) is 50.8. The average molecular weight is 983 g/mol. The van der Waals surface area contributed by atoms with Gasteiger partial charge < -0.3 is 40.3 Å². The predicted octanol–water partition coefficient (Wildman–Crippen LogP) is 14.2. The van der Waals surface area contributed by atoms with Crippen LogP contribution in [0.1, 0.15) is 239 Å². The second-order valence-corrected chi connectivity index (χ2v) is 19.7. The van der Waals surface area contributed by atoms with Gasteiger partial charge in [0.2, 0.25) is 5.91 Å². The van der Waals surface area contributed by atoms with Crippen molar-refractivity contribution in [2.24, 2.45) is 0 Å². The summed E-state index contributed by atoms with van der Waals surface area (Å²) >= 11 is 0. The highest BCUT2D eigenvalue weighted by molar-refractivity contribution is 5.76. The lowest BCUT2D eigenvalue weighted by atomic mass is 9.99. The van der Waals surface area contributed by atoms with Gasteiger partial charge in [0.1, 0.15) is 24.4 Å². The van der Waals surface area contributed by atoms with E-state index in [2.05, 4.69) is 92.1 Å². The molecule has 70 heavy (non-hydrogen) atoms. The molecule has 7 unspecified atom stereocenters. The van der Waals surface area contributed by atoms with Crippen molar-refractivity contribution in [2.75, 3.05) is 13.2 Å². The molecule has 7 atom stereocenters. The van der Waals surface area contributed by atoms with Gasteiger partial charge in [-0.05, 0) is 83.5 Å². The molecule has 9 heteroatoms. The van der Waals surface area contributed by atoms with Crippen molar-refractivity contribution in [1.82, 2.24) is 5.32 Å². The fourth-order valence-electron chi connectivity index (χ4n) is 8.65. The number of ether oxygens (including phenoxy) is 2. The van der Waals surface area contributed by atoms with E-state index in [1.807, 2.05) is 6.08 Å². The van der Waals surface area contributed by atoms with E-state index in [4.69, 9.17) is 9.47 Å². The summed E-state index contributed by atoms with van der Waals surface area (Å²) in [4.78, 5) is 13.1. The molecule has 1 aliphatic rings. The lowest BCUT2D eigenvalue weighted by Gasteiger charge is -2.40. The summed E-state index contributed by atoms with van der Waals surface area (Å²) in [6.07, 6.45) is 63.6. The highest BCUT2D eigenvalue weighted by Gasteiger charge is 2.44. The van der Waals surface area contributed by atoms with Crippen molar-refractivity contribution < 1.29 is 39.8 Å². The molecule has 0 aliphatic carbocycles. The molecule has 404 valence electrons. The Bertz CT molecular complexity index is 1370. The third-order valence-electron chi connectivity index (χ3n) is 13.2. The van der Waals surface area contributed by atoms with Crippen LogP contribution < -0.4 is 5.32 Å². The molecular weight excluding hydrogens is 875 g/mol. The van der Waals surface area contributed by atoms with Gasteiger partial charge in [0.25, 0.3) is 0 Å². The summed E-state index contributed by atoms with van der Waals surface area (Å²) in [6, 6.07) is -0.836. The lowest BCUT2D eigenvalue weighted by Crippen LogP contribution is -2.60. The molecular formula is C61H107NO8. The number of hydrogen-bond donors (Lipinski definition) is 6. The smallest absolute Gasteiger partial charge is 0.220 e. The fraction of sp³-hybridized carbons (Fsp3) is 0.754. The number of rotatable bonds is 48. The van der Waals surface area contributed by atoms with Gasteiger partial charge in [-0.25, -0.2) is 0 Å². The SMILES string of the molecule is CC/C=C\C/C=C\C/C=C\C/C=C\CCCCCCCCCCCCC(=O)NC(COC1OC(CO)C(O)C(O)C1O)C(O)/C=C/CC/C=C/CC/C=C/CCCCCCCCCCCCCCCC. The van der Waals surface area contributed by atoms with E-state index in [0.29, 0.717) is 6.42 Å². The molecule has 0 aromatic carbocycles. The molecule has 1 saturated heterocycles. The van der Waals surface area contributed by atoms with Crippen molar-refractivity contribution in [3.63, 3.8) is 0 Å². The van der Waals surface area contributed by atoms with Gasteiger partial charge in [-0.15, -0.1) is 0 Å². The maximum atomic E-state index is 13.1. The Hall–Kier alpha value is -2.63. The third kappa shape index (κ3) is 39.0. The van der Waals surface area contributed by atoms with E-state index in [1.165, 1.54) is 135 Å². The summed E-state index contributed by atoms with van der Waals surface area (Å²) in [5, 5.41) is 54.5. The van der Waals surface area contributed by atoms with E-state index >= 15 is 0 Å². The first-order valence-electron chi connectivity index (χ1n) is 28.8. The van der Waals surface area contributed by atoms with Crippen LogP contribution in [0.25, 0.3) is 0 Å². The van der Waals surface area contributed by atoms with Gasteiger partial charge >= 0.3 is 0 Å². The molecule has 0 spiro atoms. The van der Waals surface area contributed by atoms with Crippen LogP contribution in [0.3, 0.4) is 0 Å². The number of carbonyl (C=O) groups is 1. The van der Waals surface area contributed by atoms with E-state index in [0.717, 1.165) is 83.5 Å². The van der Waals surface area contributed by atoms with Crippen LogP contribution in [0.5, 0.6) is 0 Å². The number of carbonyl (C=O) groups excluding carboxylic acids is 1. The first-order valence-corrected chi connectivity index (χ1v) is 28.8. The Morgan fingerprint density at radius 3 is 1.37 bits per heavy atom. The maximum Gasteiger partial charge on any atom is 0.220 e. The molecule has 9 nitrogen and oxygen atoms in total. The highest BCUT2D eigenvalue weighted by atomic mass is 16.7. The van der Waals surface area contributed by atoms with Gasteiger partial charge in [0.05, 0.1) is 25.4 Å². The molecule has 0 saturated carbocycles. The number of allylic oxidation sites excluding steroid dienone is 13. The molecule has 1 aliphatic heterocycles. The van der Waals surface area contributed by atoms with Gasteiger partial charge in [-0.3, -0.25) is 4.79 Å². The minimum atomic E-state index is -1.58. The van der Waals surface area contributed by atoms with Gasteiger partial charge in [-0.1, -0.05) is 234 Å². The van der Waals surface area contributed by atoms with Gasteiger partial charge in [0.15, 0.2) is 6.29 Å². The number of aliphatic hydroxyl groups is 5. The molecule has 0 radical (unpaired) electrons. The Kier molecular flexibility index (Phi) is 46.6. The molecule has 6 N–H and O–H groups in total. The zero-order valence-corrected chi connectivity index (χ0v) is 44.7. The van der Waals surface area contributed by atoms with Crippen LogP contribution in [0.4, 0.5) is 0 Å². The summed E-state index contributed by atoms with van der Waals surface area (Å²) in [5.74, 6) is -0.198. The van der Waals surface area contributed by atoms with Crippen LogP contribution >= 0.6 is 0 Å². The van der Waals surface area contributed by atoms with E-state index in [1.54, 1.807) is 6.08 Å². The Balaban J connectivity index is 2.28. The average Bonchev–Trinajstić information content (AvgIpc) is 3.36. The number of hydrogen-bond acceptors (Lipinski definition) is 8. The van der Waals surface area contributed by atoms with Gasteiger partial charge in [0, 0.05) is 6.42 Å². The van der Waals surface area contributed by atoms with Crippen molar-refractivity contribution in [1.29, 1.82) is 0 Å². The standard InChI is InChI=1S/C61H107NO8/c1-3-5-7-9-11-13-15-17-19-21-23-25-27-29-30-32-34-36-38-40-42-44-46-48-50-55(64)54(53-69-61-60(68)59(67)58(66)56(52-63)70-61)62-57(65)51-49-47-45-43-41-39-37-35-33-31-28-26-24-22-20-18-16-14-12-10-8-6-4-2/h6,8,12,14,18,20,24,26,32,34,40,42,48,50,54-56,58-61,63-64,66-68H,3-5,7,9-11,13,15-17,19,21-23,25,27-31,33,35-39,41,43-47,49,51-53H2,1-2H3,(H,62,65)/b8-6-,14-12-,20-18-,26-24-,34-32+,42-40+,50-48+. The van der Waals surface area contributed by atoms with Crippen LogP contribution in [0.2, 0.25) is 0 Å². The summed E-state index contributed by atoms with van der Waals surface area (Å²) < 4.78 is 11.3. The second kappa shape index (κ2) is 49.9. The minimum absolute atomic E-state index is 0.198. The molecule has 1 fully saturated rings. The monoisotopic (exact) mass is 982 g/mol. The second-order valence-electron chi connectivity index (χ2n) is 19.7. The first-order chi connectivity index (χ1) is 34.3. The van der Waals surface area contributed by atoms with Crippen molar-refractivity contribution in [3.05, 3.63) is 85.1 Å². The van der Waals surface area contributed by atoms with Crippen LogP contribution in [-0.2, 0) is 14.3 Å². The molecule has 1 amide bonds. The Morgan fingerprint density at radius 2 is 0.900 bits per heavy atom. The maximum absolute atomic E-state index is 13.1. The predicted molar refractivity (Wildman–Crippen MR) is 295 cm³/mol. The van der Waals surface area contributed by atoms with Crippen LogP contribution in [0.15, 0.2) is 85.1 Å². The molecule has 1 rings (SSSR count). The van der Waals surface area contributed by atoms with Crippen molar-refractivity contribution >= 4 is 5.91 Å². The summed E-state index contributed by atoms with van der Waals surface area (Å²) in [7, 11) is 0. The highest BCUT2D eigenvalue weighted by Crippen LogP contribution is 2.23. The summed E-state index contributed by atoms with van der Waals surface area (Å²) in [6.45, 7) is 3.65. The Morgan fingerprint density at radius 1 is 0.500 bits per heavy atom. The van der Waals surface area contributed by atoms with E-state index in [9.17, 15) is 30.3 Å². The Labute approximate surface area is 429 Å². The fourth-order valence-corrected chi connectivity index (χ4v) is 8.65. The summed E-state index contributed by atoms with van der Waals surface area (Å²) in [5.41, 5.74) is 0. The minimum Gasteiger partial charge on any atom is -0.394 e. The quantitative estimate of drug-likeness (QED) is 0.0261. The van der Waals surface area contributed by atoms with E-state index < -0.39 is 49.5 Å². The zero-order valence-electron chi connectivity index (χ0n) is 44.7. The van der Waals surface area contributed by atoms with Gasteiger partial charge in [-0.2, -0.15) is 0 Å². The number of aliphatic hydroxyl groups excluding tert-OH is 5. The van der Waals surface area contributed by atoms with E-state index in [-0.39, 0.29) is 12.5 Å². The van der Waals surface area contributed by atoms with Crippen molar-refractivity contribution in [2.45, 2.75) is 281 Å². The number of nitrogens with one attached hydrogen (secondary N) is 1. The van der Waals surface area contributed by atoms with Crippen molar-refractivity contribution in [3.8, 4) is 0 Å². The first kappa shape index (κ1) is 65.4. The molecule has 1 heterocycles. The molecule has 0 bridgehead atoms. The molecule has 0 aromatic rings. The molecule has 0 aromatic heterocycles. The van der Waals surface area contributed by atoms with Crippen LogP contribution in [0, 0.1) is 0 Å². The largest absolute Gasteiger partial charge is 0.394 e. The number of unbranched alkanes of at least 4 members (excludes halogenated alkanes) is 26. The third-order valence-corrected chi connectivity index (χ3v) is 13.2.